The van der Waals surface area contributed by atoms with Crippen LogP contribution in [0, 0.1) is 11.3 Å². The standard InChI is InChI=1S/C34H48Cl2N4O5S/c1-21(2)27(18-22(3)30(41)39-46(44,45)20-23-16-17-25(35)26(36)19-23)40(10)32(43)29(33(4,5)6)38-31(42)28(37-9)34(7,8)24-14-12-11-13-15-24/h11-19,21,27-29,37H,20H2,1-10H3,(H,38,42)(H,39,41). The third-order valence-electron chi connectivity index (χ3n) is 8.04. The molecule has 0 heterocycles. The summed E-state index contributed by atoms with van der Waals surface area (Å²) < 4.78 is 27.6. The molecule has 0 aliphatic carbocycles. The first kappa shape index (κ1) is 39.3. The zero-order chi connectivity index (χ0) is 35.2. The van der Waals surface area contributed by atoms with Crippen molar-refractivity contribution in [3.05, 3.63) is 81.4 Å². The number of hydrogen-bond donors (Lipinski definition) is 3. The lowest BCUT2D eigenvalue weighted by molar-refractivity contribution is -0.140. The summed E-state index contributed by atoms with van der Waals surface area (Å²) in [7, 11) is -0.736. The molecule has 3 atom stereocenters. The van der Waals surface area contributed by atoms with Crippen LogP contribution < -0.4 is 15.4 Å². The largest absolute Gasteiger partial charge is 0.342 e. The van der Waals surface area contributed by atoms with Gasteiger partial charge in [-0.3, -0.25) is 14.4 Å². The van der Waals surface area contributed by atoms with Crippen LogP contribution in [0.15, 0.2) is 60.2 Å². The van der Waals surface area contributed by atoms with Gasteiger partial charge in [0.1, 0.15) is 6.04 Å². The summed E-state index contributed by atoms with van der Waals surface area (Å²) >= 11 is 11.9. The summed E-state index contributed by atoms with van der Waals surface area (Å²) in [6.07, 6.45) is 1.57. The Labute approximate surface area is 284 Å². The molecule has 12 heteroatoms. The van der Waals surface area contributed by atoms with E-state index in [1.54, 1.807) is 20.2 Å². The van der Waals surface area contributed by atoms with E-state index in [2.05, 4.69) is 15.4 Å². The van der Waals surface area contributed by atoms with Crippen molar-refractivity contribution >= 4 is 50.9 Å². The van der Waals surface area contributed by atoms with Crippen molar-refractivity contribution in [2.24, 2.45) is 11.3 Å². The summed E-state index contributed by atoms with van der Waals surface area (Å²) in [6.45, 7) is 14.8. The number of sulfonamides is 1. The van der Waals surface area contributed by atoms with Gasteiger partial charge in [-0.1, -0.05) is 114 Å². The first-order valence-corrected chi connectivity index (χ1v) is 17.5. The fourth-order valence-electron chi connectivity index (χ4n) is 5.27. The Hall–Kier alpha value is -2.92. The van der Waals surface area contributed by atoms with Crippen LogP contribution in [0.4, 0.5) is 0 Å². The van der Waals surface area contributed by atoms with Crippen LogP contribution >= 0.6 is 23.2 Å². The second kappa shape index (κ2) is 15.8. The number of likely N-dealkylation sites (N-methyl/N-ethyl adjacent to an activating group) is 2. The van der Waals surface area contributed by atoms with Crippen LogP contribution in [-0.4, -0.2) is 63.3 Å². The van der Waals surface area contributed by atoms with Gasteiger partial charge in [-0.25, -0.2) is 13.1 Å². The summed E-state index contributed by atoms with van der Waals surface area (Å²) in [5, 5.41) is 6.63. The molecule has 0 fully saturated rings. The molecular formula is C34H48Cl2N4O5S. The van der Waals surface area contributed by atoms with E-state index in [1.807, 2.05) is 78.8 Å². The highest BCUT2D eigenvalue weighted by atomic mass is 35.5. The van der Waals surface area contributed by atoms with Crippen LogP contribution in [-0.2, 0) is 35.6 Å². The highest BCUT2D eigenvalue weighted by Gasteiger charge is 2.41. The SMILES string of the molecule is CNC(C(=O)NC(C(=O)N(C)C(C=C(C)C(=O)NS(=O)(=O)Cc1ccc(Cl)c(Cl)c1)C(C)C)C(C)(C)C)C(C)(C)c1ccccc1. The molecule has 0 bridgehead atoms. The average molecular weight is 696 g/mol. The van der Waals surface area contributed by atoms with E-state index < -0.39 is 50.6 Å². The Balaban J connectivity index is 2.29. The molecule has 254 valence electrons. The smallest absolute Gasteiger partial charge is 0.260 e. The number of carbonyl (C=O) groups excluding carboxylic acids is 3. The van der Waals surface area contributed by atoms with Gasteiger partial charge in [0.05, 0.1) is 27.9 Å². The van der Waals surface area contributed by atoms with Gasteiger partial charge in [0.25, 0.3) is 5.91 Å². The normalized spacial score (nSPS) is 14.8. The van der Waals surface area contributed by atoms with Crippen molar-refractivity contribution in [3.8, 4) is 0 Å². The third kappa shape index (κ3) is 10.3. The van der Waals surface area contributed by atoms with E-state index in [1.165, 1.54) is 30.0 Å². The first-order valence-electron chi connectivity index (χ1n) is 15.1. The van der Waals surface area contributed by atoms with Gasteiger partial charge < -0.3 is 15.5 Å². The molecule has 3 amide bonds. The minimum atomic E-state index is -4.07. The van der Waals surface area contributed by atoms with Crippen LogP contribution in [0.3, 0.4) is 0 Å². The van der Waals surface area contributed by atoms with Crippen molar-refractivity contribution in [1.82, 2.24) is 20.3 Å². The number of nitrogens with one attached hydrogen (secondary N) is 3. The molecule has 0 saturated carbocycles. The van der Waals surface area contributed by atoms with Gasteiger partial charge in [-0.05, 0) is 48.6 Å². The predicted octanol–water partition coefficient (Wildman–Crippen LogP) is 5.47. The van der Waals surface area contributed by atoms with Gasteiger partial charge in [-0.15, -0.1) is 0 Å². The molecule has 0 radical (unpaired) electrons. The molecule has 0 aromatic heterocycles. The van der Waals surface area contributed by atoms with Crippen LogP contribution in [0.1, 0.15) is 66.5 Å². The van der Waals surface area contributed by atoms with Gasteiger partial charge in [0.15, 0.2) is 0 Å². The third-order valence-corrected chi connectivity index (χ3v) is 9.98. The predicted molar refractivity (Wildman–Crippen MR) is 186 cm³/mol. The lowest BCUT2D eigenvalue weighted by Crippen LogP contribution is -2.61. The summed E-state index contributed by atoms with van der Waals surface area (Å²) in [4.78, 5) is 42.4. The van der Waals surface area contributed by atoms with Crippen LogP contribution in [0.25, 0.3) is 0 Å². The number of nitrogens with zero attached hydrogens (tertiary/aromatic N) is 1. The van der Waals surface area contributed by atoms with Gasteiger partial charge in [0, 0.05) is 18.0 Å². The van der Waals surface area contributed by atoms with Crippen LogP contribution in [0.5, 0.6) is 0 Å². The molecular weight excluding hydrogens is 647 g/mol. The maximum Gasteiger partial charge on any atom is 0.260 e. The van der Waals surface area contributed by atoms with Gasteiger partial charge in [-0.2, -0.15) is 0 Å². The van der Waals surface area contributed by atoms with Crippen molar-refractivity contribution in [3.63, 3.8) is 0 Å². The van der Waals surface area contributed by atoms with Crippen molar-refractivity contribution in [2.75, 3.05) is 14.1 Å². The highest BCUT2D eigenvalue weighted by molar-refractivity contribution is 7.89. The fraction of sp³-hybridized carbons (Fsp3) is 0.500. The second-order valence-electron chi connectivity index (χ2n) is 13.6. The summed E-state index contributed by atoms with van der Waals surface area (Å²) in [5.41, 5.74) is 0.201. The zero-order valence-corrected chi connectivity index (χ0v) is 30.7. The minimum absolute atomic E-state index is 0.118. The Morgan fingerprint density at radius 1 is 0.935 bits per heavy atom. The maximum atomic E-state index is 14.1. The van der Waals surface area contributed by atoms with Crippen molar-refractivity contribution in [2.45, 2.75) is 84.7 Å². The molecule has 2 rings (SSSR count). The molecule has 0 spiro atoms. The second-order valence-corrected chi connectivity index (χ2v) is 16.1. The lowest BCUT2D eigenvalue weighted by Gasteiger charge is -2.40. The molecule has 3 unspecified atom stereocenters. The van der Waals surface area contributed by atoms with Gasteiger partial charge in [0.2, 0.25) is 21.8 Å². The Morgan fingerprint density at radius 2 is 1.52 bits per heavy atom. The Bertz CT molecular complexity index is 1540. The zero-order valence-electron chi connectivity index (χ0n) is 28.4. The molecule has 2 aromatic carbocycles. The summed E-state index contributed by atoms with van der Waals surface area (Å²) in [6, 6.07) is 12.0. The van der Waals surface area contributed by atoms with E-state index in [0.717, 1.165) is 5.56 Å². The lowest BCUT2D eigenvalue weighted by atomic mass is 9.76. The van der Waals surface area contributed by atoms with E-state index in [0.29, 0.717) is 5.56 Å². The van der Waals surface area contributed by atoms with Crippen molar-refractivity contribution < 1.29 is 22.8 Å². The molecule has 46 heavy (non-hydrogen) atoms. The number of rotatable bonds is 13. The van der Waals surface area contributed by atoms with Crippen molar-refractivity contribution in [1.29, 1.82) is 0 Å². The molecule has 0 saturated heterocycles. The van der Waals surface area contributed by atoms with E-state index in [9.17, 15) is 22.8 Å². The average Bonchev–Trinajstić information content (AvgIpc) is 2.95. The molecule has 9 nitrogen and oxygen atoms in total. The highest BCUT2D eigenvalue weighted by Crippen LogP contribution is 2.29. The van der Waals surface area contributed by atoms with Crippen LogP contribution in [0.2, 0.25) is 10.0 Å². The number of amides is 3. The number of carbonyl (C=O) groups is 3. The molecule has 3 N–H and O–H groups in total. The quantitative estimate of drug-likeness (QED) is 0.239. The molecule has 2 aromatic rings. The fourth-order valence-corrected chi connectivity index (χ4v) is 6.72. The van der Waals surface area contributed by atoms with E-state index >= 15 is 0 Å². The molecule has 0 aliphatic heterocycles. The Kier molecular flexibility index (Phi) is 13.5. The Morgan fingerprint density at radius 3 is 2.02 bits per heavy atom. The monoisotopic (exact) mass is 694 g/mol. The number of halogens is 2. The topological polar surface area (TPSA) is 125 Å². The number of hydrogen-bond acceptors (Lipinski definition) is 6. The number of benzene rings is 2. The minimum Gasteiger partial charge on any atom is -0.342 e. The molecule has 0 aliphatic rings. The van der Waals surface area contributed by atoms with E-state index in [-0.39, 0.29) is 33.4 Å². The first-order chi connectivity index (χ1) is 21.1. The maximum absolute atomic E-state index is 14.1. The van der Waals surface area contributed by atoms with E-state index in [4.69, 9.17) is 23.2 Å². The summed E-state index contributed by atoms with van der Waals surface area (Å²) in [5.74, 6) is -2.10. The van der Waals surface area contributed by atoms with Gasteiger partial charge >= 0.3 is 0 Å².